The minimum atomic E-state index is -4.24. The minimum absolute atomic E-state index is 0.00192. The Morgan fingerprint density at radius 1 is 0.943 bits per heavy atom. The van der Waals surface area contributed by atoms with E-state index in [1.54, 1.807) is 4.90 Å². The zero-order chi connectivity index (χ0) is 36.4. The van der Waals surface area contributed by atoms with Gasteiger partial charge in [-0.3, -0.25) is 9.87 Å². The molecule has 0 amide bonds. The number of anilines is 1. The number of nitrogens with zero attached hydrogens (tertiary/aromatic N) is 2. The van der Waals surface area contributed by atoms with Gasteiger partial charge in [-0.2, -0.15) is 13.0 Å². The van der Waals surface area contributed by atoms with Crippen LogP contribution in [0.15, 0.2) is 119 Å². The van der Waals surface area contributed by atoms with Crippen molar-refractivity contribution in [2.75, 3.05) is 29.5 Å². The van der Waals surface area contributed by atoms with Gasteiger partial charge in [0.1, 0.15) is 11.1 Å². The first-order chi connectivity index (χ1) is 25.8. The maximum atomic E-state index is 11.9. The van der Waals surface area contributed by atoms with E-state index in [1.165, 1.54) is 0 Å². The van der Waals surface area contributed by atoms with Crippen molar-refractivity contribution in [3.63, 3.8) is 0 Å². The van der Waals surface area contributed by atoms with E-state index in [4.69, 9.17) is 22.9 Å². The van der Waals surface area contributed by atoms with Gasteiger partial charge in [-0.15, -0.1) is 10.6 Å². The highest BCUT2D eigenvalue weighted by Crippen LogP contribution is 2.62. The Balaban J connectivity index is 1.17. The van der Waals surface area contributed by atoms with Crippen LogP contribution >= 0.6 is 10.6 Å². The summed E-state index contributed by atoms with van der Waals surface area (Å²) in [5.74, 6) is 1.82. The number of rotatable bonds is 12. The summed E-state index contributed by atoms with van der Waals surface area (Å²) in [6.07, 6.45) is 7.71. The molecule has 3 aliphatic rings. The molecule has 0 aliphatic carbocycles. The number of hydrogen-bond acceptors (Lipinski definition) is 9. The van der Waals surface area contributed by atoms with E-state index in [1.807, 2.05) is 91.9 Å². The number of piperidine rings is 1. The van der Waals surface area contributed by atoms with Crippen molar-refractivity contribution in [2.24, 2.45) is 0 Å². The van der Waals surface area contributed by atoms with Gasteiger partial charge >= 0.3 is 5.89 Å². The summed E-state index contributed by atoms with van der Waals surface area (Å²) in [6, 6.07) is 32.2. The molecule has 0 spiro atoms. The van der Waals surface area contributed by atoms with Gasteiger partial charge in [-0.1, -0.05) is 88.4 Å². The third-order valence-electron chi connectivity index (χ3n) is 9.86. The molecule has 4 aromatic carbocycles. The van der Waals surface area contributed by atoms with Gasteiger partial charge in [0.25, 0.3) is 15.6 Å². The molecular weight excluding hydrogens is 715 g/mol. The lowest BCUT2D eigenvalue weighted by Crippen LogP contribution is -2.47. The molecule has 1 atom stereocenters. The number of benzene rings is 4. The summed E-state index contributed by atoms with van der Waals surface area (Å²) in [7, 11) is -6.22. The van der Waals surface area contributed by atoms with Crippen LogP contribution in [-0.4, -0.2) is 42.9 Å². The number of ether oxygens (including phenoxy) is 1. The molecule has 0 radical (unpaired) electrons. The highest BCUT2D eigenvalue weighted by Gasteiger charge is 2.44. The molecule has 0 bridgehead atoms. The van der Waals surface area contributed by atoms with Gasteiger partial charge in [0.2, 0.25) is 11.5 Å². The molecule has 13 heteroatoms. The maximum Gasteiger partial charge on any atom is 0.374 e. The lowest BCUT2D eigenvalue weighted by Gasteiger charge is -2.50. The van der Waals surface area contributed by atoms with Crippen molar-refractivity contribution in [3.05, 3.63) is 120 Å². The van der Waals surface area contributed by atoms with E-state index in [0.29, 0.717) is 36.2 Å². The molecule has 53 heavy (non-hydrogen) atoms. The second-order valence-corrected chi connectivity index (χ2v) is 17.4. The SMILES string of the molecule is CCC(=Cc1oc2ccc(-c3ccccc3)cc2[n+]1CCS1(C2CCCCN2)OOO1)C=C1Oc2ccc(-c3ccccc3)cc2N1CCS(=O)(=O)O. The maximum absolute atomic E-state index is 11.9. The Labute approximate surface area is 310 Å². The Morgan fingerprint density at radius 3 is 2.30 bits per heavy atom. The number of hydrogen-bond donors (Lipinski definition) is 2. The van der Waals surface area contributed by atoms with E-state index in [2.05, 4.69) is 34.1 Å². The highest BCUT2D eigenvalue weighted by molar-refractivity contribution is 8.26. The van der Waals surface area contributed by atoms with Crippen LogP contribution in [0.5, 0.6) is 5.75 Å². The third kappa shape index (κ3) is 7.64. The van der Waals surface area contributed by atoms with E-state index in [0.717, 1.165) is 70.4 Å². The number of nitrogens with one attached hydrogen (secondary N) is 1. The lowest BCUT2D eigenvalue weighted by atomic mass is 10.0. The monoisotopic (exact) mass is 756 g/mol. The fourth-order valence-electron chi connectivity index (χ4n) is 7.02. The molecule has 0 saturated carbocycles. The van der Waals surface area contributed by atoms with Crippen molar-refractivity contribution >= 4 is 43.6 Å². The number of allylic oxidation sites excluding steroid dienone is 2. The second kappa shape index (κ2) is 15.1. The van der Waals surface area contributed by atoms with E-state index in [-0.39, 0.29) is 11.9 Å². The zero-order valence-electron chi connectivity index (χ0n) is 29.3. The van der Waals surface area contributed by atoms with Crippen LogP contribution in [-0.2, 0) is 30.4 Å². The van der Waals surface area contributed by atoms with Crippen LogP contribution in [0.4, 0.5) is 5.69 Å². The standard InChI is InChI=1S/C40H41N3O8S2/c1-2-29(26-40-43(22-24-53(44,45)46)35-28-33(17-19-37(35)48-40)31-13-7-4-8-14-31)25-39-42(21-23-52(50-49-51-52)38-15-9-10-20-41-38)34-27-32(16-18-36(34)47-39)30-11-5-3-6-12-30/h3-8,11-14,16-19,25-28,38,41H,2,9-10,15,20-24H2,1H3/p+1. The molecule has 2 saturated heterocycles. The van der Waals surface area contributed by atoms with Crippen LogP contribution < -0.4 is 19.5 Å². The predicted molar refractivity (Wildman–Crippen MR) is 206 cm³/mol. The van der Waals surface area contributed by atoms with Gasteiger partial charge < -0.3 is 14.1 Å². The van der Waals surface area contributed by atoms with Crippen molar-refractivity contribution in [1.29, 1.82) is 0 Å². The normalized spacial score (nSPS) is 19.9. The van der Waals surface area contributed by atoms with E-state index >= 15 is 0 Å². The quantitative estimate of drug-likeness (QED) is 0.0734. The first kappa shape index (κ1) is 35.6. The first-order valence-corrected chi connectivity index (χ1v) is 21.2. The topological polar surface area (TPSA) is 124 Å². The van der Waals surface area contributed by atoms with Gasteiger partial charge in [-0.25, -0.2) is 0 Å². The molecule has 2 fully saturated rings. The number of oxazole rings is 1. The second-order valence-electron chi connectivity index (χ2n) is 13.3. The average molecular weight is 757 g/mol. The minimum Gasteiger partial charge on any atom is -0.439 e. The summed E-state index contributed by atoms with van der Waals surface area (Å²) >= 11 is 0. The van der Waals surface area contributed by atoms with Gasteiger partial charge in [-0.05, 0) is 83.3 Å². The van der Waals surface area contributed by atoms with Crippen molar-refractivity contribution in [2.45, 2.75) is 44.5 Å². The Kier molecular flexibility index (Phi) is 10.1. The molecule has 5 aromatic rings. The van der Waals surface area contributed by atoms with Gasteiger partial charge in [0.05, 0.1) is 17.5 Å². The van der Waals surface area contributed by atoms with Gasteiger partial charge in [0, 0.05) is 18.7 Å². The van der Waals surface area contributed by atoms with Crippen LogP contribution in [0.25, 0.3) is 39.4 Å². The zero-order valence-corrected chi connectivity index (χ0v) is 31.0. The molecular formula is C40H42N3O8S2+. The predicted octanol–water partition coefficient (Wildman–Crippen LogP) is 8.10. The molecule has 1 aromatic heterocycles. The molecule has 11 nitrogen and oxygen atoms in total. The fourth-order valence-corrected chi connectivity index (χ4v) is 9.57. The highest BCUT2D eigenvalue weighted by atomic mass is 32.3. The van der Waals surface area contributed by atoms with Gasteiger partial charge in [0.15, 0.2) is 12.3 Å². The van der Waals surface area contributed by atoms with Crippen LogP contribution in [0.2, 0.25) is 0 Å². The summed E-state index contributed by atoms with van der Waals surface area (Å²) < 4.78 is 60.2. The summed E-state index contributed by atoms with van der Waals surface area (Å²) in [4.78, 5) is 1.80. The smallest absolute Gasteiger partial charge is 0.374 e. The Hall–Kier alpha value is -4.47. The van der Waals surface area contributed by atoms with Crippen molar-refractivity contribution in [3.8, 4) is 28.0 Å². The first-order valence-electron chi connectivity index (χ1n) is 17.9. The molecule has 8 rings (SSSR count). The third-order valence-corrected chi connectivity index (χ3v) is 13.1. The van der Waals surface area contributed by atoms with Crippen LogP contribution in [0.3, 0.4) is 0 Å². The van der Waals surface area contributed by atoms with Crippen molar-refractivity contribution in [1.82, 2.24) is 5.32 Å². The van der Waals surface area contributed by atoms with Crippen LogP contribution in [0, 0.1) is 0 Å². The summed E-state index contributed by atoms with van der Waals surface area (Å²) in [5.41, 5.74) is 7.42. The molecule has 3 aliphatic heterocycles. The number of aryl methyl sites for hydroxylation is 1. The summed E-state index contributed by atoms with van der Waals surface area (Å²) in [5, 5.41) is 8.56. The van der Waals surface area contributed by atoms with Crippen molar-refractivity contribution < 1.29 is 40.4 Å². The number of fused-ring (bicyclic) bond motifs is 2. The van der Waals surface area contributed by atoms with Crippen LogP contribution in [0.1, 0.15) is 38.5 Å². The summed E-state index contributed by atoms with van der Waals surface area (Å²) in [6.45, 7) is 3.51. The molecule has 4 heterocycles. The van der Waals surface area contributed by atoms with E-state index in [9.17, 15) is 13.0 Å². The van der Waals surface area contributed by atoms with E-state index < -0.39 is 26.5 Å². The fraction of sp³-hybridized carbons (Fsp3) is 0.275. The molecule has 2 N–H and O–H groups in total. The molecule has 1 unspecified atom stereocenters. The lowest BCUT2D eigenvalue weighted by molar-refractivity contribution is -0.674. The molecule has 276 valence electrons. The Bertz CT molecular complexity index is 2270. The average Bonchev–Trinajstić information content (AvgIpc) is 3.69. The number of aromatic nitrogens is 1. The Morgan fingerprint density at radius 2 is 1.66 bits per heavy atom. The largest absolute Gasteiger partial charge is 0.439 e.